The second kappa shape index (κ2) is 21.1. The second-order valence-corrected chi connectivity index (χ2v) is 12.6. The van der Waals surface area contributed by atoms with E-state index in [1.54, 1.807) is 60.1 Å². The van der Waals surface area contributed by atoms with Crippen LogP contribution in [0.2, 0.25) is 0 Å². The minimum atomic E-state index is -4.50. The minimum absolute atomic E-state index is 0. The van der Waals surface area contributed by atoms with Crippen molar-refractivity contribution >= 4 is 53.8 Å². The largest absolute Gasteiger partial charge is 2.00 e. The van der Waals surface area contributed by atoms with Crippen LogP contribution in [0.1, 0.15) is 21.0 Å². The molecular weight excluding hydrogens is 865 g/mol. The topological polar surface area (TPSA) is 153 Å². The fourth-order valence-corrected chi connectivity index (χ4v) is 5.70. The summed E-state index contributed by atoms with van der Waals surface area (Å²) in [6.07, 6.45) is 4.29. The van der Waals surface area contributed by atoms with Crippen LogP contribution in [0.5, 0.6) is 11.5 Å². The molecule has 0 radical (unpaired) electrons. The van der Waals surface area contributed by atoms with Gasteiger partial charge in [0.05, 0.1) is 22.8 Å². The second-order valence-electron chi connectivity index (χ2n) is 11.1. The van der Waals surface area contributed by atoms with Gasteiger partial charge < -0.3 is 25.1 Å². The van der Waals surface area contributed by atoms with Crippen LogP contribution < -0.4 is 14.6 Å². The first-order valence-corrected chi connectivity index (χ1v) is 17.3. The number of thiophene rings is 1. The molecule has 0 aliphatic rings. The first-order chi connectivity index (χ1) is 27.1. The molecule has 0 amide bonds. The Morgan fingerprint density at radius 2 is 1.35 bits per heavy atom. The summed E-state index contributed by atoms with van der Waals surface area (Å²) in [6.45, 7) is 2.75. The standard InChI is InChI=1S/C24H17N3O4S.C15H9F3N3.CNS.Ru/c1-16-2-4-20(32-16)5-3-17-6-8-25-21(10-17)23-12-19(31-15-29)13-24(27-23)22-11-18(30-14-28)7-9-26-22;16-15(17,18)14-9-13(20-21-14)12-8-11(6-7-19-12)10-4-2-1-3-5-10;2-1-3;/h2-15H,1H3;1-9H;;/q;2*-1;+2/b5-3+;;;. The number of hydrogen-bond acceptors (Lipinski definition) is 11. The van der Waals surface area contributed by atoms with Crippen molar-refractivity contribution in [3.05, 3.63) is 142 Å². The Balaban J connectivity index is 0.000000249. The van der Waals surface area contributed by atoms with E-state index < -0.39 is 11.9 Å². The number of aryl methyl sites for hydroxylation is 1. The fraction of sp³-hybridized carbons (Fsp3) is 0.0500. The van der Waals surface area contributed by atoms with Gasteiger partial charge in [-0.1, -0.05) is 54.3 Å². The Morgan fingerprint density at radius 3 is 1.98 bits per heavy atom. The summed E-state index contributed by atoms with van der Waals surface area (Å²) in [5.74, 6) is 0.615. The molecule has 0 aliphatic heterocycles. The van der Waals surface area contributed by atoms with Crippen LogP contribution in [0, 0.1) is 6.92 Å². The Kier molecular flexibility index (Phi) is 16.0. The summed E-state index contributed by atoms with van der Waals surface area (Å²) in [4.78, 5) is 41.4. The zero-order chi connectivity index (χ0) is 39.9. The van der Waals surface area contributed by atoms with Crippen LogP contribution in [0.15, 0.2) is 116 Å². The maximum Gasteiger partial charge on any atom is 2.00 e. The molecule has 6 heterocycles. The number of alkyl halides is 3. The molecule has 0 atom stereocenters. The van der Waals surface area contributed by atoms with Crippen molar-refractivity contribution in [3.63, 3.8) is 0 Å². The van der Waals surface area contributed by atoms with E-state index in [4.69, 9.17) is 14.9 Å². The summed E-state index contributed by atoms with van der Waals surface area (Å²) in [5, 5.41) is 15.2. The van der Waals surface area contributed by atoms with Crippen LogP contribution in [0.4, 0.5) is 13.2 Å². The molecule has 0 unspecified atom stereocenters. The quantitative estimate of drug-likeness (QED) is 0.0559. The molecular formula is C40H26F3N7O4RuS2. The van der Waals surface area contributed by atoms with Crippen molar-refractivity contribution in [2.75, 3.05) is 0 Å². The molecule has 0 fully saturated rings. The van der Waals surface area contributed by atoms with Crippen molar-refractivity contribution in [2.45, 2.75) is 13.1 Å². The van der Waals surface area contributed by atoms with E-state index in [2.05, 4.69) is 61.4 Å². The zero-order valence-corrected chi connectivity index (χ0v) is 32.7. The van der Waals surface area contributed by atoms with Gasteiger partial charge >= 0.3 is 25.7 Å². The molecule has 0 aliphatic carbocycles. The van der Waals surface area contributed by atoms with Crippen molar-refractivity contribution in [1.82, 2.24) is 30.1 Å². The van der Waals surface area contributed by atoms with Gasteiger partial charge in [0.1, 0.15) is 17.2 Å². The van der Waals surface area contributed by atoms with E-state index in [-0.39, 0.29) is 25.2 Å². The molecule has 6 aromatic heterocycles. The third-order valence-electron chi connectivity index (χ3n) is 7.37. The summed E-state index contributed by atoms with van der Waals surface area (Å²) in [6, 6.07) is 28.2. The Hall–Kier alpha value is -6.38. The molecule has 0 saturated carbocycles. The van der Waals surface area contributed by atoms with Crippen LogP contribution in [-0.4, -0.2) is 43.1 Å². The molecule has 17 heteroatoms. The predicted octanol–water partition coefficient (Wildman–Crippen LogP) is 9.26. The molecule has 11 nitrogen and oxygen atoms in total. The van der Waals surface area contributed by atoms with E-state index in [0.29, 0.717) is 52.9 Å². The number of rotatable bonds is 10. The first kappa shape index (κ1) is 43.4. The van der Waals surface area contributed by atoms with Crippen molar-refractivity contribution < 1.29 is 51.7 Å². The third kappa shape index (κ3) is 12.6. The molecule has 7 rings (SSSR count). The molecule has 0 N–H and O–H groups in total. The van der Waals surface area contributed by atoms with E-state index in [9.17, 15) is 22.8 Å². The van der Waals surface area contributed by atoms with Gasteiger partial charge in [-0.3, -0.25) is 24.5 Å². The van der Waals surface area contributed by atoms with Crippen LogP contribution in [0.25, 0.3) is 62.9 Å². The van der Waals surface area contributed by atoms with Gasteiger partial charge in [0.2, 0.25) is 0 Å². The normalized spacial score (nSPS) is 10.5. The molecule has 286 valence electrons. The average Bonchev–Trinajstić information content (AvgIpc) is 3.89. The van der Waals surface area contributed by atoms with E-state index in [1.807, 2.05) is 54.6 Å². The fourth-order valence-electron chi connectivity index (χ4n) is 4.92. The third-order valence-corrected chi connectivity index (χ3v) is 8.33. The Morgan fingerprint density at radius 1 is 0.737 bits per heavy atom. The van der Waals surface area contributed by atoms with Crippen molar-refractivity contribution in [2.24, 2.45) is 0 Å². The van der Waals surface area contributed by atoms with Gasteiger partial charge in [-0.15, -0.1) is 11.3 Å². The van der Waals surface area contributed by atoms with Crippen LogP contribution in [-0.2, 0) is 35.2 Å². The average molecular weight is 891 g/mol. The Labute approximate surface area is 346 Å². The number of benzene rings is 1. The minimum Gasteiger partial charge on any atom is -0.753 e. The predicted molar refractivity (Wildman–Crippen MR) is 209 cm³/mol. The number of thiocarbonyl (C=S) groups is 1. The molecule has 0 bridgehead atoms. The smallest absolute Gasteiger partial charge is 0.753 e. The van der Waals surface area contributed by atoms with Crippen molar-refractivity contribution in [3.8, 4) is 56.8 Å². The van der Waals surface area contributed by atoms with Gasteiger partial charge in [-0.25, -0.2) is 4.98 Å². The van der Waals surface area contributed by atoms with Gasteiger partial charge in [-0.2, -0.15) is 18.3 Å². The SMILES string of the molecule is Cc1ccc(/C=C/c2ccnc(-c3cc(OC=O)cc(-c4cc(OC=O)ccn4)n3)c2)s1.FC(F)(F)c1cc(-c2cc(-c3ccccc3)ccn2)[n-]n1.[N-]=C=S.[Ru+2]. The summed E-state index contributed by atoms with van der Waals surface area (Å²) >= 11 is 5.41. The number of halogens is 3. The molecule has 57 heavy (non-hydrogen) atoms. The van der Waals surface area contributed by atoms with E-state index in [0.717, 1.165) is 27.6 Å². The van der Waals surface area contributed by atoms with Gasteiger partial charge in [0.25, 0.3) is 12.9 Å². The molecule has 0 spiro atoms. The number of carbonyl (C=O) groups is 2. The number of nitrogens with zero attached hydrogens (tertiary/aromatic N) is 7. The van der Waals surface area contributed by atoms with E-state index >= 15 is 0 Å². The monoisotopic (exact) mass is 891 g/mol. The maximum absolute atomic E-state index is 12.5. The van der Waals surface area contributed by atoms with E-state index in [1.165, 1.54) is 16.2 Å². The molecule has 7 aromatic rings. The van der Waals surface area contributed by atoms with Gasteiger partial charge in [-0.05, 0) is 78.2 Å². The number of aromatic nitrogens is 6. The molecule has 0 saturated heterocycles. The molecule has 1 aromatic carbocycles. The van der Waals surface area contributed by atoms with Crippen molar-refractivity contribution in [1.29, 1.82) is 0 Å². The van der Waals surface area contributed by atoms with Gasteiger partial charge in [0.15, 0.2) is 0 Å². The maximum atomic E-state index is 12.5. The number of carbonyl (C=O) groups excluding carboxylic acids is 2. The van der Waals surface area contributed by atoms with Gasteiger partial charge in [0, 0.05) is 52.2 Å². The first-order valence-electron chi connectivity index (χ1n) is 16.1. The Bertz CT molecular complexity index is 2490. The number of ether oxygens (including phenoxy) is 2. The summed E-state index contributed by atoms with van der Waals surface area (Å²) in [5.41, 5.74) is 4.22. The number of pyridine rings is 4. The van der Waals surface area contributed by atoms with Crippen LogP contribution >= 0.6 is 23.6 Å². The summed E-state index contributed by atoms with van der Waals surface area (Å²) in [7, 11) is 0. The summed E-state index contributed by atoms with van der Waals surface area (Å²) < 4.78 is 47.6. The van der Waals surface area contributed by atoms with Crippen LogP contribution in [0.3, 0.4) is 0 Å². The number of hydrogen-bond donors (Lipinski definition) is 0. The zero-order valence-electron chi connectivity index (χ0n) is 29.3. The number of isothiocyanates is 1.